The van der Waals surface area contributed by atoms with Crippen LogP contribution in [0.5, 0.6) is 0 Å². The number of aromatic nitrogens is 2. The molecule has 5 heteroatoms. The molecule has 0 aliphatic carbocycles. The standard InChI is InChI=1S/C57H41N5/c58-56(48-36-42(40-20-6-2-7-21-40)32-34-54(48)61-50-28-14-10-24-44(50)45-25-11-15-29-51(45)61)60-57(59-38-39-18-4-1-5-19-39)49-37-43(41-22-8-3-9-23-41)33-35-55(49)62-52-30-16-12-26-46(52)47-27-13-17-31-53(47)62/h1-37H,38H2,(H2,58,59,60). The molecule has 294 valence electrons. The van der Waals surface area contributed by atoms with Gasteiger partial charge in [0.15, 0.2) is 5.84 Å². The Bertz CT molecular complexity index is 3380. The molecule has 62 heavy (non-hydrogen) atoms. The van der Waals surface area contributed by atoms with Crippen LogP contribution in [0.4, 0.5) is 0 Å². The van der Waals surface area contributed by atoms with Crippen molar-refractivity contribution in [1.82, 2.24) is 9.13 Å². The maximum atomic E-state index is 7.49. The topological polar surface area (TPSA) is 60.6 Å². The first-order chi connectivity index (χ1) is 30.7. The Kier molecular flexibility index (Phi) is 9.32. The summed E-state index contributed by atoms with van der Waals surface area (Å²) in [6.45, 7) is 0.416. The van der Waals surface area contributed by atoms with Gasteiger partial charge < -0.3 is 14.9 Å². The molecule has 0 amide bonds. The van der Waals surface area contributed by atoms with Gasteiger partial charge in [-0.05, 0) is 76.3 Å². The van der Waals surface area contributed by atoms with Gasteiger partial charge in [0.1, 0.15) is 5.84 Å². The number of hydrogen-bond acceptors (Lipinski definition) is 1. The van der Waals surface area contributed by atoms with Gasteiger partial charge in [-0.25, -0.2) is 4.99 Å². The molecular formula is C57H41N5. The zero-order valence-electron chi connectivity index (χ0n) is 33.9. The highest BCUT2D eigenvalue weighted by atomic mass is 15.0. The van der Waals surface area contributed by atoms with Gasteiger partial charge in [-0.15, -0.1) is 0 Å². The number of fused-ring (bicyclic) bond motifs is 6. The van der Waals surface area contributed by atoms with Gasteiger partial charge in [0.25, 0.3) is 0 Å². The molecule has 0 bridgehead atoms. The molecule has 9 aromatic carbocycles. The lowest BCUT2D eigenvalue weighted by Crippen LogP contribution is -2.20. The molecule has 11 rings (SSSR count). The van der Waals surface area contributed by atoms with Crippen molar-refractivity contribution in [2.24, 2.45) is 15.7 Å². The van der Waals surface area contributed by atoms with Crippen LogP contribution in [0.25, 0.3) is 77.2 Å². The molecule has 0 aliphatic heterocycles. The Hall–Kier alpha value is -8.28. The number of nitrogens with zero attached hydrogens (tertiary/aromatic N) is 4. The molecule has 2 aromatic heterocycles. The second-order valence-electron chi connectivity index (χ2n) is 15.6. The average Bonchev–Trinajstić information content (AvgIpc) is 3.86. The smallest absolute Gasteiger partial charge is 0.159 e. The van der Waals surface area contributed by atoms with Gasteiger partial charge in [-0.2, -0.15) is 0 Å². The first-order valence-corrected chi connectivity index (χ1v) is 21.0. The quantitative estimate of drug-likeness (QED) is 0.121. The molecule has 11 aromatic rings. The number of benzene rings is 9. The second-order valence-corrected chi connectivity index (χ2v) is 15.6. The Morgan fingerprint density at radius 3 is 1.19 bits per heavy atom. The molecule has 0 fully saturated rings. The van der Waals surface area contributed by atoms with E-state index in [0.29, 0.717) is 18.2 Å². The van der Waals surface area contributed by atoms with E-state index in [-0.39, 0.29) is 0 Å². The zero-order chi connectivity index (χ0) is 41.4. The van der Waals surface area contributed by atoms with Gasteiger partial charge in [-0.1, -0.05) is 176 Å². The normalized spacial score (nSPS) is 12.2. The van der Waals surface area contributed by atoms with E-state index in [1.165, 1.54) is 21.5 Å². The molecule has 0 saturated carbocycles. The van der Waals surface area contributed by atoms with Crippen molar-refractivity contribution in [2.75, 3.05) is 0 Å². The summed E-state index contributed by atoms with van der Waals surface area (Å²) in [6.07, 6.45) is 0. The summed E-state index contributed by atoms with van der Waals surface area (Å²) in [5.74, 6) is 0.907. The third kappa shape index (κ3) is 6.53. The minimum absolute atomic E-state index is 0.366. The van der Waals surface area contributed by atoms with Crippen LogP contribution in [0, 0.1) is 0 Å². The molecule has 5 nitrogen and oxygen atoms in total. The van der Waals surface area contributed by atoms with Gasteiger partial charge in [0.2, 0.25) is 0 Å². The third-order valence-corrected chi connectivity index (χ3v) is 11.8. The highest BCUT2D eigenvalue weighted by molar-refractivity contribution is 6.17. The summed E-state index contributed by atoms with van der Waals surface area (Å²) < 4.78 is 4.66. The summed E-state index contributed by atoms with van der Waals surface area (Å²) in [7, 11) is 0. The first kappa shape index (κ1) is 36.8. The fourth-order valence-corrected chi connectivity index (χ4v) is 8.94. The number of nitrogens with two attached hydrogens (primary N) is 1. The zero-order valence-corrected chi connectivity index (χ0v) is 33.9. The third-order valence-electron chi connectivity index (χ3n) is 11.8. The van der Waals surface area contributed by atoms with E-state index < -0.39 is 0 Å². The summed E-state index contributed by atoms with van der Waals surface area (Å²) in [6, 6.07) is 78.7. The van der Waals surface area contributed by atoms with Crippen LogP contribution >= 0.6 is 0 Å². The van der Waals surface area contributed by atoms with Gasteiger partial charge in [0.05, 0.1) is 40.0 Å². The maximum Gasteiger partial charge on any atom is 0.159 e. The van der Waals surface area contributed by atoms with Gasteiger partial charge in [0, 0.05) is 32.7 Å². The summed E-state index contributed by atoms with van der Waals surface area (Å²) in [5, 5.41) is 4.71. The molecular weight excluding hydrogens is 755 g/mol. The van der Waals surface area contributed by atoms with E-state index in [4.69, 9.17) is 15.7 Å². The minimum Gasteiger partial charge on any atom is -0.383 e. The SMILES string of the molecule is NC(=NC(=NCc1ccccc1)c1cc(-c2ccccc2)ccc1-n1c2ccccc2c2ccccc21)c1cc(-c2ccccc2)ccc1-n1c2ccccc2c2ccccc21. The van der Waals surface area contributed by atoms with Crippen molar-refractivity contribution >= 4 is 55.3 Å². The van der Waals surface area contributed by atoms with Crippen LogP contribution in [0.1, 0.15) is 16.7 Å². The number of para-hydroxylation sites is 4. The summed E-state index contributed by atoms with van der Waals surface area (Å²) >= 11 is 0. The van der Waals surface area contributed by atoms with Crippen molar-refractivity contribution < 1.29 is 0 Å². The van der Waals surface area contributed by atoms with Gasteiger partial charge >= 0.3 is 0 Å². The molecule has 0 unspecified atom stereocenters. The van der Waals surface area contributed by atoms with Crippen molar-refractivity contribution in [3.8, 4) is 33.6 Å². The number of aliphatic imine (C=N–C) groups is 2. The largest absolute Gasteiger partial charge is 0.383 e. The van der Waals surface area contributed by atoms with Crippen LogP contribution in [0.2, 0.25) is 0 Å². The van der Waals surface area contributed by atoms with Crippen molar-refractivity contribution in [3.05, 3.63) is 241 Å². The molecule has 0 saturated heterocycles. The highest BCUT2D eigenvalue weighted by Gasteiger charge is 2.21. The van der Waals surface area contributed by atoms with Crippen LogP contribution < -0.4 is 5.73 Å². The highest BCUT2D eigenvalue weighted by Crippen LogP contribution is 2.37. The van der Waals surface area contributed by atoms with E-state index in [9.17, 15) is 0 Å². The van der Waals surface area contributed by atoms with E-state index in [0.717, 1.165) is 72.4 Å². The number of rotatable bonds is 8. The molecule has 0 spiro atoms. The first-order valence-electron chi connectivity index (χ1n) is 21.0. The van der Waals surface area contributed by atoms with Crippen molar-refractivity contribution in [2.45, 2.75) is 6.54 Å². The Morgan fingerprint density at radius 1 is 0.371 bits per heavy atom. The summed E-state index contributed by atoms with van der Waals surface area (Å²) in [4.78, 5) is 10.9. The Morgan fingerprint density at radius 2 is 0.742 bits per heavy atom. The second kappa shape index (κ2) is 15.7. The Labute approximate surface area is 360 Å². The molecule has 0 radical (unpaired) electrons. The molecule has 2 heterocycles. The van der Waals surface area contributed by atoms with Crippen molar-refractivity contribution in [3.63, 3.8) is 0 Å². The van der Waals surface area contributed by atoms with E-state index in [1.807, 2.05) is 18.2 Å². The average molecular weight is 796 g/mol. The summed E-state index contributed by atoms with van der Waals surface area (Å²) in [5.41, 5.74) is 20.8. The van der Waals surface area contributed by atoms with Crippen LogP contribution in [0.15, 0.2) is 234 Å². The maximum absolute atomic E-state index is 7.49. The fraction of sp³-hybridized carbons (Fsp3) is 0.0175. The van der Waals surface area contributed by atoms with Crippen LogP contribution in [-0.4, -0.2) is 20.8 Å². The lowest BCUT2D eigenvalue weighted by atomic mass is 10.00. The van der Waals surface area contributed by atoms with E-state index >= 15 is 0 Å². The van der Waals surface area contributed by atoms with Crippen LogP contribution in [0.3, 0.4) is 0 Å². The number of hydrogen-bond donors (Lipinski definition) is 1. The predicted molar refractivity (Wildman–Crippen MR) is 260 cm³/mol. The van der Waals surface area contributed by atoms with E-state index in [1.54, 1.807) is 0 Å². The lowest BCUT2D eigenvalue weighted by molar-refractivity contribution is 1.06. The fourth-order valence-electron chi connectivity index (χ4n) is 8.94. The lowest BCUT2D eigenvalue weighted by Gasteiger charge is -2.18. The van der Waals surface area contributed by atoms with Crippen LogP contribution in [-0.2, 0) is 6.54 Å². The Balaban J connectivity index is 1.19. The molecule has 2 N–H and O–H groups in total. The van der Waals surface area contributed by atoms with E-state index in [2.05, 4.69) is 215 Å². The minimum atomic E-state index is 0.366. The van der Waals surface area contributed by atoms with Crippen molar-refractivity contribution in [1.29, 1.82) is 0 Å². The molecule has 0 atom stereocenters. The molecule has 0 aliphatic rings. The monoisotopic (exact) mass is 795 g/mol. The van der Waals surface area contributed by atoms with Gasteiger partial charge in [-0.3, -0.25) is 4.99 Å². The predicted octanol–water partition coefficient (Wildman–Crippen LogP) is 13.6. The number of amidine groups is 2.